The number of amides is 1. The Morgan fingerprint density at radius 3 is 2.71 bits per heavy atom. The van der Waals surface area contributed by atoms with Crippen LogP contribution in [0, 0.1) is 0 Å². The molecule has 0 atom stereocenters. The second-order valence-corrected chi connectivity index (χ2v) is 8.44. The molecule has 8 heteroatoms. The Balaban J connectivity index is 1.93. The van der Waals surface area contributed by atoms with Gasteiger partial charge in [0.25, 0.3) is 0 Å². The molecule has 2 heterocycles. The Labute approximate surface area is 146 Å². The number of pyridine rings is 1. The van der Waals surface area contributed by atoms with Crippen molar-refractivity contribution >= 4 is 27.3 Å². The molecule has 1 amide bonds. The Morgan fingerprint density at radius 1 is 1.33 bits per heavy atom. The van der Waals surface area contributed by atoms with E-state index in [-0.39, 0.29) is 12.5 Å². The zero-order chi connectivity index (χ0) is 17.6. The molecule has 0 spiro atoms. The monoisotopic (exact) mass is 367 g/mol. The highest BCUT2D eigenvalue weighted by Crippen LogP contribution is 2.21. The van der Waals surface area contributed by atoms with Crippen molar-refractivity contribution in [3.8, 4) is 0 Å². The molecule has 130 valence electrons. The number of carbonyl (C=O) groups is 1. The van der Waals surface area contributed by atoms with Crippen molar-refractivity contribution in [1.82, 2.24) is 14.6 Å². The van der Waals surface area contributed by atoms with Crippen molar-refractivity contribution in [3.05, 3.63) is 47.1 Å². The van der Waals surface area contributed by atoms with Gasteiger partial charge in [-0.25, -0.2) is 13.1 Å². The molecule has 1 N–H and O–H groups in total. The third kappa shape index (κ3) is 5.12. The predicted octanol–water partition coefficient (Wildman–Crippen LogP) is 2.03. The molecule has 0 aliphatic carbocycles. The number of carbonyl (C=O) groups excluding carboxylic acids is 1. The Hall–Kier alpha value is -1.77. The van der Waals surface area contributed by atoms with Gasteiger partial charge in [-0.15, -0.1) is 11.3 Å². The third-order valence-corrected chi connectivity index (χ3v) is 6.65. The molecule has 6 nitrogen and oxygen atoms in total. The van der Waals surface area contributed by atoms with E-state index in [0.717, 1.165) is 16.9 Å². The number of thiophene rings is 1. The number of hydrogen-bond acceptors (Lipinski definition) is 5. The van der Waals surface area contributed by atoms with Gasteiger partial charge in [0.1, 0.15) is 4.21 Å². The summed E-state index contributed by atoms with van der Waals surface area (Å²) in [4.78, 5) is 18.4. The first kappa shape index (κ1) is 18.6. The van der Waals surface area contributed by atoms with Gasteiger partial charge in [-0.3, -0.25) is 9.78 Å². The number of sulfonamides is 1. The van der Waals surface area contributed by atoms with E-state index in [9.17, 15) is 13.2 Å². The molecule has 0 fully saturated rings. The van der Waals surface area contributed by atoms with Gasteiger partial charge >= 0.3 is 0 Å². The first-order chi connectivity index (χ1) is 11.4. The number of rotatable bonds is 8. The van der Waals surface area contributed by atoms with Gasteiger partial charge in [-0.05, 0) is 30.2 Å². The lowest BCUT2D eigenvalue weighted by Gasteiger charge is -2.21. The molecule has 24 heavy (non-hydrogen) atoms. The number of aromatic nitrogens is 1. The average molecular weight is 367 g/mol. The molecule has 2 aromatic heterocycles. The van der Waals surface area contributed by atoms with E-state index in [2.05, 4.69) is 9.71 Å². The number of hydrogen-bond donors (Lipinski definition) is 1. The standard InChI is InChI=1S/C16H21N3O3S2/c1-3-15-6-7-16(23-15)24(21,22)18-9-10-19(13(2)20)12-14-5-4-8-17-11-14/h4-8,11,18H,3,9-10,12H2,1-2H3. The van der Waals surface area contributed by atoms with Crippen LogP contribution >= 0.6 is 11.3 Å². The lowest BCUT2D eigenvalue weighted by atomic mass is 10.2. The van der Waals surface area contributed by atoms with Crippen LogP contribution in [0.5, 0.6) is 0 Å². The lowest BCUT2D eigenvalue weighted by molar-refractivity contribution is -0.129. The number of nitrogens with zero attached hydrogens (tertiary/aromatic N) is 2. The van der Waals surface area contributed by atoms with Gasteiger partial charge in [0.05, 0.1) is 0 Å². The molecule has 0 aromatic carbocycles. The van der Waals surface area contributed by atoms with Crippen molar-refractivity contribution < 1.29 is 13.2 Å². The Morgan fingerprint density at radius 2 is 2.12 bits per heavy atom. The van der Waals surface area contributed by atoms with Crippen LogP contribution in [0.4, 0.5) is 0 Å². The predicted molar refractivity (Wildman–Crippen MR) is 94.2 cm³/mol. The normalized spacial score (nSPS) is 11.4. The summed E-state index contributed by atoms with van der Waals surface area (Å²) in [6.07, 6.45) is 4.17. The van der Waals surface area contributed by atoms with Crippen LogP contribution in [0.1, 0.15) is 24.3 Å². The van der Waals surface area contributed by atoms with Crippen LogP contribution in [-0.4, -0.2) is 37.3 Å². The van der Waals surface area contributed by atoms with Crippen LogP contribution < -0.4 is 4.72 Å². The van der Waals surface area contributed by atoms with Gasteiger partial charge in [0.15, 0.2) is 0 Å². The van der Waals surface area contributed by atoms with E-state index in [4.69, 9.17) is 0 Å². The molecule has 2 aromatic rings. The summed E-state index contributed by atoms with van der Waals surface area (Å²) >= 11 is 1.27. The SMILES string of the molecule is CCc1ccc(S(=O)(=O)NCCN(Cc2cccnc2)C(C)=O)s1. The number of nitrogens with one attached hydrogen (secondary N) is 1. The minimum absolute atomic E-state index is 0.109. The van der Waals surface area contributed by atoms with E-state index >= 15 is 0 Å². The maximum absolute atomic E-state index is 12.3. The number of aryl methyl sites for hydroxylation is 1. The fourth-order valence-corrected chi connectivity index (χ4v) is 4.50. The summed E-state index contributed by atoms with van der Waals surface area (Å²) in [5, 5.41) is 0. The summed E-state index contributed by atoms with van der Waals surface area (Å²) in [5.41, 5.74) is 0.904. The van der Waals surface area contributed by atoms with Gasteiger partial charge in [-0.2, -0.15) is 0 Å². The van der Waals surface area contributed by atoms with Crippen molar-refractivity contribution in [2.45, 2.75) is 31.0 Å². The molecule has 0 radical (unpaired) electrons. The zero-order valence-corrected chi connectivity index (χ0v) is 15.4. The summed E-state index contributed by atoms with van der Waals surface area (Å²) in [6.45, 7) is 4.33. The van der Waals surface area contributed by atoms with Crippen LogP contribution in [0.15, 0.2) is 40.9 Å². The third-order valence-electron chi connectivity index (χ3n) is 3.47. The van der Waals surface area contributed by atoms with Gasteiger partial charge < -0.3 is 4.90 Å². The average Bonchev–Trinajstić information content (AvgIpc) is 3.04. The molecular formula is C16H21N3O3S2. The van der Waals surface area contributed by atoms with E-state index in [1.54, 1.807) is 29.4 Å². The van der Waals surface area contributed by atoms with Gasteiger partial charge in [-0.1, -0.05) is 13.0 Å². The van der Waals surface area contributed by atoms with E-state index in [1.165, 1.54) is 18.3 Å². The van der Waals surface area contributed by atoms with Crippen molar-refractivity contribution in [3.63, 3.8) is 0 Å². The molecule has 2 rings (SSSR count). The van der Waals surface area contributed by atoms with Crippen LogP contribution in [0.2, 0.25) is 0 Å². The maximum atomic E-state index is 12.3. The highest BCUT2D eigenvalue weighted by molar-refractivity contribution is 7.91. The fourth-order valence-electron chi connectivity index (χ4n) is 2.14. The van der Waals surface area contributed by atoms with Crippen LogP contribution in [0.25, 0.3) is 0 Å². The summed E-state index contributed by atoms with van der Waals surface area (Å²) in [5.74, 6) is -0.109. The fraction of sp³-hybridized carbons (Fsp3) is 0.375. The van der Waals surface area contributed by atoms with E-state index in [1.807, 2.05) is 19.1 Å². The zero-order valence-electron chi connectivity index (χ0n) is 13.7. The molecule has 0 aliphatic rings. The quantitative estimate of drug-likeness (QED) is 0.774. The molecule has 0 saturated heterocycles. The first-order valence-corrected chi connectivity index (χ1v) is 9.95. The summed E-state index contributed by atoms with van der Waals surface area (Å²) < 4.78 is 27.4. The van der Waals surface area contributed by atoms with Gasteiger partial charge in [0, 0.05) is 43.8 Å². The largest absolute Gasteiger partial charge is 0.337 e. The van der Waals surface area contributed by atoms with E-state index in [0.29, 0.717) is 17.3 Å². The smallest absolute Gasteiger partial charge is 0.250 e. The molecule has 0 saturated carbocycles. The second-order valence-electron chi connectivity index (χ2n) is 5.27. The topological polar surface area (TPSA) is 79.4 Å². The summed E-state index contributed by atoms with van der Waals surface area (Å²) in [7, 11) is -3.53. The van der Waals surface area contributed by atoms with Gasteiger partial charge in [0.2, 0.25) is 15.9 Å². The highest BCUT2D eigenvalue weighted by Gasteiger charge is 2.17. The maximum Gasteiger partial charge on any atom is 0.250 e. The molecule has 0 aliphatic heterocycles. The molecule has 0 bridgehead atoms. The highest BCUT2D eigenvalue weighted by atomic mass is 32.2. The lowest BCUT2D eigenvalue weighted by Crippen LogP contribution is -2.37. The van der Waals surface area contributed by atoms with E-state index < -0.39 is 10.0 Å². The summed E-state index contributed by atoms with van der Waals surface area (Å²) in [6, 6.07) is 7.12. The Kier molecular flexibility index (Phi) is 6.47. The molecule has 0 unspecified atom stereocenters. The van der Waals surface area contributed by atoms with Crippen molar-refractivity contribution in [2.75, 3.05) is 13.1 Å². The Bertz CT molecular complexity index is 773. The first-order valence-electron chi connectivity index (χ1n) is 7.65. The van der Waals surface area contributed by atoms with Crippen LogP contribution in [-0.2, 0) is 27.8 Å². The molecular weight excluding hydrogens is 346 g/mol. The van der Waals surface area contributed by atoms with Crippen molar-refractivity contribution in [1.29, 1.82) is 0 Å². The second kappa shape index (κ2) is 8.36. The van der Waals surface area contributed by atoms with Crippen LogP contribution in [0.3, 0.4) is 0 Å². The minimum Gasteiger partial charge on any atom is -0.337 e. The minimum atomic E-state index is -3.53. The van der Waals surface area contributed by atoms with Crippen molar-refractivity contribution in [2.24, 2.45) is 0 Å².